The average molecular weight is 302 g/mol. The lowest BCUT2D eigenvalue weighted by molar-refractivity contribution is 0.0774. The highest BCUT2D eigenvalue weighted by molar-refractivity contribution is 9.10. The molecule has 2 N–H and O–H groups in total. The lowest BCUT2D eigenvalue weighted by Gasteiger charge is -2.18. The Morgan fingerprint density at radius 1 is 1.65 bits per heavy atom. The summed E-state index contributed by atoms with van der Waals surface area (Å²) in [6, 6.07) is 1.83. The number of halogens is 1. The number of carbonyl (C=O) groups is 1. The fourth-order valence-corrected chi connectivity index (χ4v) is 2.56. The van der Waals surface area contributed by atoms with E-state index in [1.165, 1.54) is 0 Å². The molecular weight excluding hydrogens is 286 g/mol. The van der Waals surface area contributed by atoms with Crippen LogP contribution in [0.1, 0.15) is 10.5 Å². The summed E-state index contributed by atoms with van der Waals surface area (Å²) < 4.78 is 8.00. The number of hydrogen-bond acceptors (Lipinski definition) is 3. The van der Waals surface area contributed by atoms with Crippen LogP contribution in [0.4, 0.5) is 0 Å². The first-order chi connectivity index (χ1) is 8.11. The summed E-state index contributed by atoms with van der Waals surface area (Å²) in [7, 11) is 3.51. The van der Waals surface area contributed by atoms with Crippen LogP contribution in [0, 0.1) is 0 Å². The fourth-order valence-electron chi connectivity index (χ4n) is 2.04. The van der Waals surface area contributed by atoms with E-state index in [-0.39, 0.29) is 18.1 Å². The van der Waals surface area contributed by atoms with E-state index in [9.17, 15) is 4.79 Å². The standard InChI is InChI=1S/C11H16BrN3O2/c1-15-6-7(12)3-9(15)11(16)14-8-4-13-5-10(8)17-2/h3,6,8,10,13H,4-5H2,1-2H3,(H,14,16)/t8?,10-/m1/s1. The van der Waals surface area contributed by atoms with Crippen LogP contribution in [0.25, 0.3) is 0 Å². The normalized spacial score (nSPS) is 23.9. The van der Waals surface area contributed by atoms with E-state index in [1.807, 2.05) is 13.2 Å². The molecule has 0 saturated carbocycles. The van der Waals surface area contributed by atoms with E-state index in [2.05, 4.69) is 26.6 Å². The Morgan fingerprint density at radius 3 is 3.00 bits per heavy atom. The van der Waals surface area contributed by atoms with Crippen molar-refractivity contribution in [2.24, 2.45) is 7.05 Å². The van der Waals surface area contributed by atoms with Gasteiger partial charge in [-0.1, -0.05) is 0 Å². The molecule has 2 atom stereocenters. The molecule has 5 nitrogen and oxygen atoms in total. The van der Waals surface area contributed by atoms with Crippen LogP contribution in [-0.4, -0.2) is 42.8 Å². The Kier molecular flexibility index (Phi) is 3.86. The molecule has 0 bridgehead atoms. The van der Waals surface area contributed by atoms with Crippen LogP contribution < -0.4 is 10.6 Å². The lowest BCUT2D eigenvalue weighted by Crippen LogP contribution is -2.44. The number of carbonyl (C=O) groups excluding carboxylic acids is 1. The summed E-state index contributed by atoms with van der Waals surface area (Å²) in [5, 5.41) is 6.18. The van der Waals surface area contributed by atoms with Crippen molar-refractivity contribution in [2.75, 3.05) is 20.2 Å². The minimum Gasteiger partial charge on any atom is -0.378 e. The van der Waals surface area contributed by atoms with Gasteiger partial charge in [0.1, 0.15) is 5.69 Å². The minimum absolute atomic E-state index is 0.0289. The van der Waals surface area contributed by atoms with Crippen LogP contribution in [0.15, 0.2) is 16.7 Å². The molecule has 6 heteroatoms. The lowest BCUT2D eigenvalue weighted by atomic mass is 10.2. The number of amides is 1. The number of methoxy groups -OCH3 is 1. The molecule has 17 heavy (non-hydrogen) atoms. The summed E-state index contributed by atoms with van der Waals surface area (Å²) in [6.07, 6.45) is 1.90. The summed E-state index contributed by atoms with van der Waals surface area (Å²) in [6.45, 7) is 1.52. The molecule has 2 heterocycles. The van der Waals surface area contributed by atoms with Gasteiger partial charge in [0.05, 0.1) is 12.1 Å². The third kappa shape index (κ3) is 2.70. The molecular formula is C11H16BrN3O2. The zero-order valence-corrected chi connectivity index (χ0v) is 11.5. The Bertz CT molecular complexity index is 419. The van der Waals surface area contributed by atoms with Crippen molar-refractivity contribution in [3.63, 3.8) is 0 Å². The van der Waals surface area contributed by atoms with Crippen molar-refractivity contribution < 1.29 is 9.53 Å². The highest BCUT2D eigenvalue weighted by Crippen LogP contribution is 2.14. The van der Waals surface area contributed by atoms with Gasteiger partial charge >= 0.3 is 0 Å². The maximum absolute atomic E-state index is 12.1. The van der Waals surface area contributed by atoms with Crippen molar-refractivity contribution in [3.8, 4) is 0 Å². The molecule has 1 saturated heterocycles. The van der Waals surface area contributed by atoms with Gasteiger partial charge < -0.3 is 19.9 Å². The summed E-state index contributed by atoms with van der Waals surface area (Å²) >= 11 is 3.35. The van der Waals surface area contributed by atoms with Gasteiger partial charge in [0, 0.05) is 37.9 Å². The van der Waals surface area contributed by atoms with Gasteiger partial charge in [0.15, 0.2) is 0 Å². The van der Waals surface area contributed by atoms with Gasteiger partial charge in [-0.05, 0) is 22.0 Å². The van der Waals surface area contributed by atoms with E-state index in [1.54, 1.807) is 17.7 Å². The van der Waals surface area contributed by atoms with E-state index < -0.39 is 0 Å². The van der Waals surface area contributed by atoms with E-state index in [0.717, 1.165) is 17.6 Å². The largest absolute Gasteiger partial charge is 0.378 e. The number of nitrogens with one attached hydrogen (secondary N) is 2. The third-order valence-corrected chi connectivity index (χ3v) is 3.42. The van der Waals surface area contributed by atoms with Crippen LogP contribution >= 0.6 is 15.9 Å². The highest BCUT2D eigenvalue weighted by atomic mass is 79.9. The number of rotatable bonds is 3. The second-order valence-corrected chi connectivity index (χ2v) is 5.08. The summed E-state index contributed by atoms with van der Waals surface area (Å²) in [4.78, 5) is 12.1. The zero-order valence-electron chi connectivity index (χ0n) is 9.87. The van der Waals surface area contributed by atoms with Crippen molar-refractivity contribution in [2.45, 2.75) is 12.1 Å². The van der Waals surface area contributed by atoms with Crippen molar-refractivity contribution in [1.29, 1.82) is 0 Å². The monoisotopic (exact) mass is 301 g/mol. The number of aryl methyl sites for hydroxylation is 1. The number of ether oxygens (including phenoxy) is 1. The molecule has 1 amide bonds. The molecule has 1 fully saturated rings. The molecule has 0 radical (unpaired) electrons. The Labute approximate surface area is 109 Å². The molecule has 1 aliphatic rings. The van der Waals surface area contributed by atoms with Crippen molar-refractivity contribution >= 4 is 21.8 Å². The molecule has 1 aromatic rings. The highest BCUT2D eigenvalue weighted by Gasteiger charge is 2.28. The molecule has 0 aromatic carbocycles. The Balaban J connectivity index is 2.04. The van der Waals surface area contributed by atoms with E-state index in [4.69, 9.17) is 4.74 Å². The Hall–Kier alpha value is -0.850. The molecule has 1 aromatic heterocycles. The van der Waals surface area contributed by atoms with Crippen molar-refractivity contribution in [1.82, 2.24) is 15.2 Å². The first-order valence-electron chi connectivity index (χ1n) is 5.48. The minimum atomic E-state index is -0.0750. The summed E-state index contributed by atoms with van der Waals surface area (Å²) in [5.74, 6) is -0.0750. The maximum Gasteiger partial charge on any atom is 0.268 e. The van der Waals surface area contributed by atoms with Gasteiger partial charge in [-0.15, -0.1) is 0 Å². The van der Waals surface area contributed by atoms with Crippen LogP contribution in [-0.2, 0) is 11.8 Å². The van der Waals surface area contributed by atoms with Crippen LogP contribution in [0.2, 0.25) is 0 Å². The predicted octanol–water partition coefficient (Wildman–Crippen LogP) is 0.504. The first-order valence-corrected chi connectivity index (χ1v) is 6.27. The SMILES string of the molecule is CO[C@@H]1CNCC1NC(=O)c1cc(Br)cn1C. The first kappa shape index (κ1) is 12.6. The quantitative estimate of drug-likeness (QED) is 0.855. The second kappa shape index (κ2) is 5.20. The maximum atomic E-state index is 12.1. The van der Waals surface area contributed by atoms with Gasteiger partial charge in [-0.3, -0.25) is 4.79 Å². The zero-order chi connectivity index (χ0) is 12.4. The molecule has 1 aliphatic heterocycles. The van der Waals surface area contributed by atoms with Gasteiger partial charge in [0.25, 0.3) is 5.91 Å². The van der Waals surface area contributed by atoms with E-state index in [0.29, 0.717) is 5.69 Å². The smallest absolute Gasteiger partial charge is 0.268 e. The van der Waals surface area contributed by atoms with Crippen LogP contribution in [0.3, 0.4) is 0 Å². The molecule has 0 spiro atoms. The summed E-state index contributed by atoms with van der Waals surface area (Å²) in [5.41, 5.74) is 0.638. The molecule has 1 unspecified atom stereocenters. The van der Waals surface area contributed by atoms with Crippen LogP contribution in [0.5, 0.6) is 0 Å². The molecule has 0 aliphatic carbocycles. The van der Waals surface area contributed by atoms with Gasteiger partial charge in [-0.25, -0.2) is 0 Å². The topological polar surface area (TPSA) is 55.3 Å². The third-order valence-electron chi connectivity index (χ3n) is 2.98. The van der Waals surface area contributed by atoms with Gasteiger partial charge in [0.2, 0.25) is 0 Å². The molecule has 2 rings (SSSR count). The number of nitrogens with zero attached hydrogens (tertiary/aromatic N) is 1. The van der Waals surface area contributed by atoms with Crippen molar-refractivity contribution in [3.05, 3.63) is 22.4 Å². The second-order valence-electron chi connectivity index (χ2n) is 4.17. The molecule has 94 valence electrons. The Morgan fingerprint density at radius 2 is 2.41 bits per heavy atom. The number of hydrogen-bond donors (Lipinski definition) is 2. The number of aromatic nitrogens is 1. The van der Waals surface area contributed by atoms with E-state index >= 15 is 0 Å². The fraction of sp³-hybridized carbons (Fsp3) is 0.545. The predicted molar refractivity (Wildman–Crippen MR) is 68.0 cm³/mol. The van der Waals surface area contributed by atoms with Gasteiger partial charge in [-0.2, -0.15) is 0 Å². The average Bonchev–Trinajstić information content (AvgIpc) is 2.84.